The first-order valence-electron chi connectivity index (χ1n) is 9.26. The van der Waals surface area contributed by atoms with Crippen LogP contribution in [0, 0.1) is 0 Å². The highest BCUT2D eigenvalue weighted by Crippen LogP contribution is 2.46. The van der Waals surface area contributed by atoms with E-state index in [0.717, 1.165) is 11.1 Å². The first kappa shape index (κ1) is 20.0. The maximum Gasteiger partial charge on any atom is 0.225 e. The van der Waals surface area contributed by atoms with Gasteiger partial charge in [-0.3, -0.25) is 9.59 Å². The monoisotopic (exact) mass is 475 g/mol. The van der Waals surface area contributed by atoms with Crippen LogP contribution in [0.3, 0.4) is 0 Å². The van der Waals surface area contributed by atoms with Gasteiger partial charge in [-0.05, 0) is 57.6 Å². The van der Waals surface area contributed by atoms with Gasteiger partial charge < -0.3 is 15.2 Å². The van der Waals surface area contributed by atoms with Crippen LogP contribution in [0.25, 0.3) is 0 Å². The van der Waals surface area contributed by atoms with Crippen LogP contribution in [0.5, 0.6) is 11.5 Å². The molecule has 0 saturated carbocycles. The molecule has 7 heteroatoms. The van der Waals surface area contributed by atoms with E-state index in [1.165, 1.54) is 7.11 Å². The van der Waals surface area contributed by atoms with Crippen molar-refractivity contribution >= 4 is 39.2 Å². The summed E-state index contributed by atoms with van der Waals surface area (Å²) in [5.74, 6) is -0.313. The van der Waals surface area contributed by atoms with E-state index in [1.54, 1.807) is 12.1 Å². The zero-order valence-corrected chi connectivity index (χ0v) is 18.0. The molecular formula is C22H19BrClNO4. The molecule has 0 radical (unpaired) electrons. The summed E-state index contributed by atoms with van der Waals surface area (Å²) in [4.78, 5) is 25.6. The lowest BCUT2D eigenvalue weighted by Gasteiger charge is -2.35. The molecule has 2 aromatic rings. The summed E-state index contributed by atoms with van der Waals surface area (Å²) in [5, 5.41) is 13.6. The van der Waals surface area contributed by atoms with E-state index in [4.69, 9.17) is 16.3 Å². The molecule has 0 aromatic heterocycles. The van der Waals surface area contributed by atoms with Gasteiger partial charge in [0.2, 0.25) is 5.91 Å². The minimum Gasteiger partial charge on any atom is -0.503 e. The van der Waals surface area contributed by atoms with Gasteiger partial charge in [-0.15, -0.1) is 0 Å². The Balaban J connectivity index is 1.76. The van der Waals surface area contributed by atoms with Crippen molar-refractivity contribution < 1.29 is 19.4 Å². The molecule has 0 saturated heterocycles. The van der Waals surface area contributed by atoms with E-state index >= 15 is 0 Å². The van der Waals surface area contributed by atoms with Gasteiger partial charge in [0.25, 0.3) is 0 Å². The Labute approximate surface area is 181 Å². The average molecular weight is 477 g/mol. The third-order valence-corrected chi connectivity index (χ3v) is 6.50. The Hall–Kier alpha value is -2.31. The van der Waals surface area contributed by atoms with Crippen molar-refractivity contribution in [3.05, 3.63) is 68.3 Å². The molecule has 2 atom stereocenters. The van der Waals surface area contributed by atoms with E-state index in [9.17, 15) is 14.7 Å². The zero-order chi connectivity index (χ0) is 20.7. The first-order chi connectivity index (χ1) is 13.9. The Kier molecular flexibility index (Phi) is 5.40. The van der Waals surface area contributed by atoms with Crippen LogP contribution in [-0.2, 0) is 9.59 Å². The summed E-state index contributed by atoms with van der Waals surface area (Å²) in [5.41, 5.74) is 2.96. The van der Waals surface area contributed by atoms with Gasteiger partial charge in [0, 0.05) is 35.1 Å². The second-order valence-electron chi connectivity index (χ2n) is 7.30. The maximum atomic E-state index is 13.2. The third-order valence-electron chi connectivity index (χ3n) is 5.55. The van der Waals surface area contributed by atoms with E-state index < -0.39 is 0 Å². The van der Waals surface area contributed by atoms with Crippen LogP contribution in [0.2, 0.25) is 5.02 Å². The normalized spacial score (nSPS) is 21.6. The van der Waals surface area contributed by atoms with Crippen LogP contribution >= 0.6 is 27.5 Å². The van der Waals surface area contributed by atoms with Gasteiger partial charge in [-0.25, -0.2) is 0 Å². The number of phenolic OH excluding ortho intramolecular Hbond substituents is 1. The number of phenols is 1. The van der Waals surface area contributed by atoms with Crippen molar-refractivity contribution in [3.8, 4) is 11.5 Å². The number of hydrogen-bond donors (Lipinski definition) is 2. The van der Waals surface area contributed by atoms with E-state index in [0.29, 0.717) is 39.4 Å². The summed E-state index contributed by atoms with van der Waals surface area (Å²) in [6.07, 6.45) is 1.05. The van der Waals surface area contributed by atoms with Crippen LogP contribution < -0.4 is 10.1 Å². The van der Waals surface area contributed by atoms with Crippen LogP contribution in [0.15, 0.2) is 52.1 Å². The van der Waals surface area contributed by atoms with Crippen LogP contribution in [0.4, 0.5) is 0 Å². The number of Topliss-reactive ketones (excluding diaryl/α,β-unsaturated/α-hetero) is 1. The number of ether oxygens (including phenoxy) is 1. The molecule has 2 aliphatic rings. The van der Waals surface area contributed by atoms with Crippen molar-refractivity contribution in [1.82, 2.24) is 5.32 Å². The first-order valence-corrected chi connectivity index (χ1v) is 10.4. The predicted molar refractivity (Wildman–Crippen MR) is 113 cm³/mol. The van der Waals surface area contributed by atoms with Crippen molar-refractivity contribution in [1.29, 1.82) is 0 Å². The fraction of sp³-hybridized carbons (Fsp3) is 0.273. The van der Waals surface area contributed by atoms with Gasteiger partial charge in [0.05, 0.1) is 11.6 Å². The summed E-state index contributed by atoms with van der Waals surface area (Å²) in [6, 6.07) is 10.9. The third kappa shape index (κ3) is 3.67. The molecule has 0 spiro atoms. The molecule has 0 fully saturated rings. The van der Waals surface area contributed by atoms with Crippen LogP contribution in [-0.4, -0.2) is 23.9 Å². The van der Waals surface area contributed by atoms with Gasteiger partial charge in [0.15, 0.2) is 17.3 Å². The molecular weight excluding hydrogens is 458 g/mol. The molecule has 4 rings (SSSR count). The Morgan fingerprint density at radius 1 is 1.17 bits per heavy atom. The molecule has 1 heterocycles. The highest BCUT2D eigenvalue weighted by atomic mass is 79.9. The number of methoxy groups -OCH3 is 1. The van der Waals surface area contributed by atoms with Gasteiger partial charge in [-0.1, -0.05) is 29.8 Å². The molecule has 29 heavy (non-hydrogen) atoms. The lowest BCUT2D eigenvalue weighted by molar-refractivity contribution is -0.122. The molecule has 5 nitrogen and oxygen atoms in total. The molecule has 2 N–H and O–H groups in total. The highest BCUT2D eigenvalue weighted by molar-refractivity contribution is 9.10. The number of carbonyl (C=O) groups excluding carboxylic acids is 2. The predicted octanol–water partition coefficient (Wildman–Crippen LogP) is 4.82. The highest BCUT2D eigenvalue weighted by Gasteiger charge is 2.39. The molecule has 1 aliphatic carbocycles. The fourth-order valence-electron chi connectivity index (χ4n) is 4.22. The number of nitrogens with one attached hydrogen (secondary N) is 1. The van der Waals surface area contributed by atoms with Crippen LogP contribution in [0.1, 0.15) is 42.2 Å². The molecule has 150 valence electrons. The van der Waals surface area contributed by atoms with E-state index in [1.807, 2.05) is 24.3 Å². The zero-order valence-electron chi connectivity index (χ0n) is 15.7. The lowest BCUT2D eigenvalue weighted by atomic mass is 9.73. The number of benzene rings is 2. The number of aromatic hydroxyl groups is 1. The van der Waals surface area contributed by atoms with Crippen molar-refractivity contribution in [3.63, 3.8) is 0 Å². The quantitative estimate of drug-likeness (QED) is 0.666. The van der Waals surface area contributed by atoms with Gasteiger partial charge in [0.1, 0.15) is 0 Å². The number of rotatable bonds is 3. The van der Waals surface area contributed by atoms with Gasteiger partial charge >= 0.3 is 0 Å². The Morgan fingerprint density at radius 2 is 1.93 bits per heavy atom. The summed E-state index contributed by atoms with van der Waals surface area (Å²) >= 11 is 9.67. The maximum absolute atomic E-state index is 13.2. The van der Waals surface area contributed by atoms with E-state index in [2.05, 4.69) is 21.2 Å². The number of ketones is 1. The smallest absolute Gasteiger partial charge is 0.225 e. The number of allylic oxidation sites excluding steroid dienone is 2. The lowest BCUT2D eigenvalue weighted by Crippen LogP contribution is -2.38. The average Bonchev–Trinajstić information content (AvgIpc) is 2.69. The summed E-state index contributed by atoms with van der Waals surface area (Å²) in [6.45, 7) is 0. The molecule has 1 amide bonds. The number of carbonyl (C=O) groups is 2. The minimum absolute atomic E-state index is 0.00401. The number of hydrogen-bond acceptors (Lipinski definition) is 4. The van der Waals surface area contributed by atoms with Gasteiger partial charge in [-0.2, -0.15) is 0 Å². The number of halogens is 2. The Bertz CT molecular complexity index is 1050. The second kappa shape index (κ2) is 7.84. The number of amides is 1. The van der Waals surface area contributed by atoms with Crippen molar-refractivity contribution in [2.75, 3.05) is 7.11 Å². The second-order valence-corrected chi connectivity index (χ2v) is 8.56. The Morgan fingerprint density at radius 3 is 2.66 bits per heavy atom. The molecule has 0 bridgehead atoms. The molecule has 2 aromatic carbocycles. The minimum atomic E-state index is -0.385. The largest absolute Gasteiger partial charge is 0.503 e. The molecule has 1 aliphatic heterocycles. The fourth-order valence-corrected chi connectivity index (χ4v) is 4.97. The summed E-state index contributed by atoms with van der Waals surface area (Å²) in [7, 11) is 1.46. The summed E-state index contributed by atoms with van der Waals surface area (Å²) < 4.78 is 5.69. The topological polar surface area (TPSA) is 75.6 Å². The van der Waals surface area contributed by atoms with Crippen molar-refractivity contribution in [2.45, 2.75) is 31.1 Å². The standard InChI is InChI=1S/C22H19BrClNO4/c1-29-19-9-11(6-15(23)22(19)28)14-10-20(27)25-17-7-12(8-18(26)21(14)17)13-4-2-3-5-16(13)24/h2-6,9,12,14,28H,7-8,10H2,1H3,(H,25,27)/t12-,14+/m1/s1. The van der Waals surface area contributed by atoms with Crippen molar-refractivity contribution in [2.24, 2.45) is 0 Å². The SMILES string of the molecule is COc1cc([C@@H]2CC(=O)NC3=C2C(=O)C[C@H](c2ccccc2Cl)C3)cc(Br)c1O. The van der Waals surface area contributed by atoms with E-state index in [-0.39, 0.29) is 35.7 Å². The molecule has 0 unspecified atom stereocenters.